The number of carboxylic acids is 1. The van der Waals surface area contributed by atoms with Crippen molar-refractivity contribution in [2.75, 3.05) is 0 Å². The van der Waals surface area contributed by atoms with Gasteiger partial charge in [0.2, 0.25) is 0 Å². The fourth-order valence-corrected chi connectivity index (χ4v) is 2.08. The third-order valence-electron chi connectivity index (χ3n) is 2.95. The summed E-state index contributed by atoms with van der Waals surface area (Å²) >= 11 is 5.91. The molecule has 2 N–H and O–H groups in total. The first-order chi connectivity index (χ1) is 9.99. The van der Waals surface area contributed by atoms with E-state index in [0.717, 1.165) is 5.56 Å². The van der Waals surface area contributed by atoms with Crippen LogP contribution in [-0.4, -0.2) is 22.0 Å². The molecule has 5 nitrogen and oxygen atoms in total. The molecule has 108 valence electrons. The lowest BCUT2D eigenvalue weighted by molar-refractivity contribution is 0.0689. The van der Waals surface area contributed by atoms with Gasteiger partial charge >= 0.3 is 5.97 Å². The summed E-state index contributed by atoms with van der Waals surface area (Å²) in [6, 6.07) is 9.58. The standard InChI is InChI=1S/C15H13ClN2O3/c1-9(10-4-2-5-11(16)8-10)18-14(19)13-12(15(20)21)6-3-7-17-13/h2-9H,1H3,(H,18,19)(H,20,21). The third-order valence-corrected chi connectivity index (χ3v) is 3.18. The fraction of sp³-hybridized carbons (Fsp3) is 0.133. The van der Waals surface area contributed by atoms with Crippen LogP contribution < -0.4 is 5.32 Å². The van der Waals surface area contributed by atoms with Crippen molar-refractivity contribution in [3.8, 4) is 0 Å². The highest BCUT2D eigenvalue weighted by Crippen LogP contribution is 2.18. The van der Waals surface area contributed by atoms with E-state index in [2.05, 4.69) is 10.3 Å². The van der Waals surface area contributed by atoms with Crippen LogP contribution in [0.2, 0.25) is 5.02 Å². The minimum absolute atomic E-state index is 0.112. The van der Waals surface area contributed by atoms with E-state index < -0.39 is 11.9 Å². The molecule has 0 aliphatic rings. The van der Waals surface area contributed by atoms with Gasteiger partial charge in [0.15, 0.2) is 0 Å². The van der Waals surface area contributed by atoms with Crippen LogP contribution in [0.3, 0.4) is 0 Å². The van der Waals surface area contributed by atoms with Gasteiger partial charge in [-0.3, -0.25) is 9.78 Å². The smallest absolute Gasteiger partial charge is 0.338 e. The normalized spacial score (nSPS) is 11.7. The van der Waals surface area contributed by atoms with Crippen molar-refractivity contribution in [3.63, 3.8) is 0 Å². The Balaban J connectivity index is 2.20. The van der Waals surface area contributed by atoms with Gasteiger partial charge in [0.05, 0.1) is 11.6 Å². The molecule has 1 amide bonds. The van der Waals surface area contributed by atoms with Crippen LogP contribution in [0, 0.1) is 0 Å². The van der Waals surface area contributed by atoms with E-state index in [0.29, 0.717) is 5.02 Å². The quantitative estimate of drug-likeness (QED) is 0.910. The lowest BCUT2D eigenvalue weighted by atomic mass is 10.1. The number of nitrogens with one attached hydrogen (secondary N) is 1. The Bertz CT molecular complexity index is 688. The van der Waals surface area contributed by atoms with Crippen molar-refractivity contribution >= 4 is 23.5 Å². The van der Waals surface area contributed by atoms with E-state index in [4.69, 9.17) is 16.7 Å². The van der Waals surface area contributed by atoms with E-state index in [-0.39, 0.29) is 17.3 Å². The lowest BCUT2D eigenvalue weighted by Gasteiger charge is -2.15. The highest BCUT2D eigenvalue weighted by atomic mass is 35.5. The lowest BCUT2D eigenvalue weighted by Crippen LogP contribution is -2.29. The van der Waals surface area contributed by atoms with Gasteiger partial charge in [-0.25, -0.2) is 4.79 Å². The molecular weight excluding hydrogens is 292 g/mol. The van der Waals surface area contributed by atoms with Gasteiger partial charge in [0.1, 0.15) is 5.69 Å². The Hall–Kier alpha value is -2.40. The molecule has 0 bridgehead atoms. The molecule has 1 unspecified atom stereocenters. The van der Waals surface area contributed by atoms with Crippen molar-refractivity contribution < 1.29 is 14.7 Å². The molecule has 1 heterocycles. The van der Waals surface area contributed by atoms with Crippen molar-refractivity contribution in [1.82, 2.24) is 10.3 Å². The van der Waals surface area contributed by atoms with Gasteiger partial charge in [-0.2, -0.15) is 0 Å². The predicted octanol–water partition coefficient (Wildman–Crippen LogP) is 2.92. The molecule has 0 aliphatic heterocycles. The number of carbonyl (C=O) groups is 2. The summed E-state index contributed by atoms with van der Waals surface area (Å²) in [7, 11) is 0. The Labute approximate surface area is 126 Å². The molecule has 2 rings (SSSR count). The number of rotatable bonds is 4. The number of amides is 1. The van der Waals surface area contributed by atoms with Crippen LogP contribution in [0.25, 0.3) is 0 Å². The zero-order chi connectivity index (χ0) is 15.4. The number of halogens is 1. The van der Waals surface area contributed by atoms with Crippen molar-refractivity contribution in [2.24, 2.45) is 0 Å². The molecule has 0 spiro atoms. The van der Waals surface area contributed by atoms with Crippen molar-refractivity contribution in [1.29, 1.82) is 0 Å². The van der Waals surface area contributed by atoms with Gasteiger partial charge < -0.3 is 10.4 Å². The number of aromatic carboxylic acids is 1. The summed E-state index contributed by atoms with van der Waals surface area (Å²) in [5, 5.41) is 12.3. The van der Waals surface area contributed by atoms with E-state index in [1.54, 1.807) is 25.1 Å². The van der Waals surface area contributed by atoms with Gasteiger partial charge in [-0.15, -0.1) is 0 Å². The number of benzene rings is 1. The molecule has 1 atom stereocenters. The first kappa shape index (κ1) is 15.0. The van der Waals surface area contributed by atoms with Crippen LogP contribution in [0.15, 0.2) is 42.6 Å². The Morgan fingerprint density at radius 3 is 2.71 bits per heavy atom. The predicted molar refractivity (Wildman–Crippen MR) is 78.5 cm³/mol. The second kappa shape index (κ2) is 6.37. The maximum atomic E-state index is 12.2. The van der Waals surface area contributed by atoms with E-state index in [1.807, 2.05) is 6.07 Å². The Morgan fingerprint density at radius 2 is 2.05 bits per heavy atom. The molecule has 0 saturated carbocycles. The SMILES string of the molecule is CC(NC(=O)c1ncccc1C(=O)O)c1cccc(Cl)c1. The summed E-state index contributed by atoms with van der Waals surface area (Å²) in [6.07, 6.45) is 1.38. The Morgan fingerprint density at radius 1 is 1.29 bits per heavy atom. The average Bonchev–Trinajstić information content (AvgIpc) is 2.47. The third kappa shape index (κ3) is 3.58. The number of nitrogens with zero attached hydrogens (tertiary/aromatic N) is 1. The number of aromatic nitrogens is 1. The molecule has 0 aliphatic carbocycles. The van der Waals surface area contributed by atoms with E-state index in [9.17, 15) is 9.59 Å². The van der Waals surface area contributed by atoms with Gasteiger partial charge in [0, 0.05) is 11.2 Å². The summed E-state index contributed by atoms with van der Waals surface area (Å²) in [4.78, 5) is 27.1. The second-order valence-corrected chi connectivity index (χ2v) is 4.89. The fourth-order valence-electron chi connectivity index (χ4n) is 1.88. The summed E-state index contributed by atoms with van der Waals surface area (Å²) < 4.78 is 0. The number of hydrogen-bond acceptors (Lipinski definition) is 3. The highest BCUT2D eigenvalue weighted by molar-refractivity contribution is 6.30. The molecule has 1 aromatic carbocycles. The number of pyridine rings is 1. The maximum absolute atomic E-state index is 12.2. The molecule has 2 aromatic rings. The topological polar surface area (TPSA) is 79.3 Å². The zero-order valence-electron chi connectivity index (χ0n) is 11.2. The summed E-state index contributed by atoms with van der Waals surface area (Å²) in [6.45, 7) is 1.78. The number of carbonyl (C=O) groups excluding carboxylic acids is 1. The van der Waals surface area contributed by atoms with E-state index in [1.165, 1.54) is 18.3 Å². The summed E-state index contributed by atoms with van der Waals surface area (Å²) in [5.74, 6) is -1.73. The highest BCUT2D eigenvalue weighted by Gasteiger charge is 2.19. The largest absolute Gasteiger partial charge is 0.478 e. The van der Waals surface area contributed by atoms with Crippen LogP contribution >= 0.6 is 11.6 Å². The Kier molecular flexibility index (Phi) is 4.55. The summed E-state index contributed by atoms with van der Waals surface area (Å²) in [5.41, 5.74) is 0.579. The van der Waals surface area contributed by atoms with Crippen LogP contribution in [0.4, 0.5) is 0 Å². The van der Waals surface area contributed by atoms with Gasteiger partial charge in [-0.05, 0) is 36.8 Å². The first-order valence-corrected chi connectivity index (χ1v) is 6.61. The molecule has 6 heteroatoms. The molecule has 0 radical (unpaired) electrons. The van der Waals surface area contributed by atoms with Crippen LogP contribution in [0.1, 0.15) is 39.4 Å². The number of carboxylic acid groups (broad SMARTS) is 1. The number of hydrogen-bond donors (Lipinski definition) is 2. The van der Waals surface area contributed by atoms with E-state index >= 15 is 0 Å². The average molecular weight is 305 g/mol. The van der Waals surface area contributed by atoms with Crippen molar-refractivity contribution in [3.05, 3.63) is 64.4 Å². The first-order valence-electron chi connectivity index (χ1n) is 6.23. The molecular formula is C15H13ClN2O3. The van der Waals surface area contributed by atoms with Gasteiger partial charge in [0.25, 0.3) is 5.91 Å². The molecule has 0 saturated heterocycles. The minimum Gasteiger partial charge on any atom is -0.478 e. The second-order valence-electron chi connectivity index (χ2n) is 4.45. The monoisotopic (exact) mass is 304 g/mol. The van der Waals surface area contributed by atoms with Crippen LogP contribution in [-0.2, 0) is 0 Å². The molecule has 1 aromatic heterocycles. The minimum atomic E-state index is -1.19. The van der Waals surface area contributed by atoms with Crippen molar-refractivity contribution in [2.45, 2.75) is 13.0 Å². The van der Waals surface area contributed by atoms with Gasteiger partial charge in [-0.1, -0.05) is 23.7 Å². The molecule has 0 fully saturated rings. The maximum Gasteiger partial charge on any atom is 0.338 e. The molecule has 21 heavy (non-hydrogen) atoms. The zero-order valence-corrected chi connectivity index (χ0v) is 12.0. The van der Waals surface area contributed by atoms with Crippen LogP contribution in [0.5, 0.6) is 0 Å².